The second-order valence-corrected chi connectivity index (χ2v) is 7.94. The largest absolute Gasteiger partial charge is 0.380 e. The molecule has 146 valence electrons. The van der Waals surface area contributed by atoms with Crippen molar-refractivity contribution in [3.05, 3.63) is 59.9 Å². The van der Waals surface area contributed by atoms with Gasteiger partial charge in [0.25, 0.3) is 0 Å². The predicted octanol–water partition coefficient (Wildman–Crippen LogP) is 3.16. The summed E-state index contributed by atoms with van der Waals surface area (Å²) in [5, 5.41) is 2.75. The molecular formula is C19H23FN2O4S. The smallest absolute Gasteiger partial charge is 0.248 e. The van der Waals surface area contributed by atoms with Crippen LogP contribution < -0.4 is 9.62 Å². The molecule has 1 atom stereocenters. The molecule has 0 aliphatic carbocycles. The van der Waals surface area contributed by atoms with Gasteiger partial charge in [0.2, 0.25) is 15.9 Å². The van der Waals surface area contributed by atoms with Crippen molar-refractivity contribution in [2.24, 2.45) is 0 Å². The highest BCUT2D eigenvalue weighted by Gasteiger charge is 2.31. The Morgan fingerprint density at radius 1 is 1.22 bits per heavy atom. The molecule has 0 radical (unpaired) electrons. The van der Waals surface area contributed by atoms with Crippen LogP contribution in [-0.2, 0) is 26.2 Å². The second kappa shape index (κ2) is 8.96. The van der Waals surface area contributed by atoms with Gasteiger partial charge in [-0.2, -0.15) is 0 Å². The lowest BCUT2D eigenvalue weighted by Crippen LogP contribution is -2.47. The van der Waals surface area contributed by atoms with Crippen molar-refractivity contribution in [2.75, 3.05) is 23.0 Å². The van der Waals surface area contributed by atoms with Gasteiger partial charge < -0.3 is 10.1 Å². The van der Waals surface area contributed by atoms with Crippen LogP contribution in [0.3, 0.4) is 0 Å². The Morgan fingerprint density at radius 2 is 1.89 bits per heavy atom. The van der Waals surface area contributed by atoms with Gasteiger partial charge in [0.05, 0.1) is 18.6 Å². The van der Waals surface area contributed by atoms with E-state index in [1.165, 1.54) is 12.1 Å². The van der Waals surface area contributed by atoms with E-state index in [1.54, 1.807) is 32.2 Å². The first-order valence-electron chi connectivity index (χ1n) is 8.40. The minimum absolute atomic E-state index is 0.231. The van der Waals surface area contributed by atoms with E-state index in [0.29, 0.717) is 12.3 Å². The van der Waals surface area contributed by atoms with E-state index in [-0.39, 0.29) is 12.1 Å². The number of halogens is 1. The minimum atomic E-state index is -3.77. The zero-order chi connectivity index (χ0) is 20.0. The highest BCUT2D eigenvalue weighted by Crippen LogP contribution is 2.24. The zero-order valence-corrected chi connectivity index (χ0v) is 16.3. The predicted molar refractivity (Wildman–Crippen MR) is 104 cm³/mol. The summed E-state index contributed by atoms with van der Waals surface area (Å²) < 4.78 is 44.0. The quantitative estimate of drug-likeness (QED) is 0.746. The molecule has 1 N–H and O–H groups in total. The molecule has 2 rings (SSSR count). The van der Waals surface area contributed by atoms with Crippen LogP contribution in [0.4, 0.5) is 15.8 Å². The van der Waals surface area contributed by atoms with Gasteiger partial charge >= 0.3 is 0 Å². The van der Waals surface area contributed by atoms with E-state index < -0.39 is 27.8 Å². The molecule has 0 heterocycles. The summed E-state index contributed by atoms with van der Waals surface area (Å²) in [6, 6.07) is 11.1. The third-order valence-electron chi connectivity index (χ3n) is 3.92. The van der Waals surface area contributed by atoms with Crippen molar-refractivity contribution in [3.8, 4) is 0 Å². The first-order chi connectivity index (χ1) is 12.8. The molecule has 0 aromatic heterocycles. The van der Waals surface area contributed by atoms with E-state index in [4.69, 9.17) is 4.74 Å². The van der Waals surface area contributed by atoms with E-state index in [0.717, 1.165) is 28.3 Å². The third kappa shape index (κ3) is 5.51. The molecule has 6 nitrogen and oxygen atoms in total. The van der Waals surface area contributed by atoms with E-state index in [9.17, 15) is 17.6 Å². The summed E-state index contributed by atoms with van der Waals surface area (Å²) in [4.78, 5) is 12.8. The molecular weight excluding hydrogens is 371 g/mol. The Bertz CT molecular complexity index is 885. The summed E-state index contributed by atoms with van der Waals surface area (Å²) in [6.45, 7) is 2.11. The molecule has 0 unspecified atom stereocenters. The SMILES string of the molecule is CC[C@H](C(=O)Nc1cccc(COC)c1)N(c1ccc(F)cc1)S(C)(=O)=O. The van der Waals surface area contributed by atoms with Crippen molar-refractivity contribution in [2.45, 2.75) is 26.0 Å². The number of nitrogens with one attached hydrogen (secondary N) is 1. The van der Waals surface area contributed by atoms with Gasteiger partial charge in [-0.3, -0.25) is 9.10 Å². The molecule has 2 aromatic carbocycles. The maximum absolute atomic E-state index is 13.2. The second-order valence-electron chi connectivity index (χ2n) is 6.08. The van der Waals surface area contributed by atoms with Gasteiger partial charge in [0.15, 0.2) is 0 Å². The number of ether oxygens (including phenoxy) is 1. The average Bonchev–Trinajstić information content (AvgIpc) is 2.60. The fourth-order valence-corrected chi connectivity index (χ4v) is 3.99. The van der Waals surface area contributed by atoms with Crippen LogP contribution in [-0.4, -0.2) is 33.7 Å². The first-order valence-corrected chi connectivity index (χ1v) is 10.2. The summed E-state index contributed by atoms with van der Waals surface area (Å²) in [5.74, 6) is -0.957. The lowest BCUT2D eigenvalue weighted by atomic mass is 10.1. The standard InChI is InChI=1S/C19H23FN2O4S/c1-4-18(19(23)21-16-7-5-6-14(12-16)13-26-2)22(27(3,24)25)17-10-8-15(20)9-11-17/h5-12,18H,4,13H2,1-3H3,(H,21,23)/t18-/m1/s1. The number of carbonyl (C=O) groups is 1. The van der Waals surface area contributed by atoms with Gasteiger partial charge in [0, 0.05) is 12.8 Å². The van der Waals surface area contributed by atoms with Gasteiger partial charge in [-0.25, -0.2) is 12.8 Å². The Hall–Kier alpha value is -2.45. The Balaban J connectivity index is 2.32. The van der Waals surface area contributed by atoms with Crippen LogP contribution in [0.25, 0.3) is 0 Å². The number of nitrogens with zero attached hydrogens (tertiary/aromatic N) is 1. The number of anilines is 2. The maximum atomic E-state index is 13.2. The van der Waals surface area contributed by atoms with Crippen molar-refractivity contribution >= 4 is 27.3 Å². The molecule has 0 saturated heterocycles. The molecule has 8 heteroatoms. The number of sulfonamides is 1. The van der Waals surface area contributed by atoms with Crippen LogP contribution in [0.5, 0.6) is 0 Å². The van der Waals surface area contributed by atoms with Gasteiger partial charge in [-0.05, 0) is 48.4 Å². The first kappa shape index (κ1) is 20.9. The van der Waals surface area contributed by atoms with E-state index in [2.05, 4.69) is 5.32 Å². The Labute approximate surface area is 159 Å². The molecule has 0 aliphatic heterocycles. The van der Waals surface area contributed by atoms with E-state index >= 15 is 0 Å². The van der Waals surface area contributed by atoms with Crippen molar-refractivity contribution in [1.82, 2.24) is 0 Å². The highest BCUT2D eigenvalue weighted by atomic mass is 32.2. The van der Waals surface area contributed by atoms with Crippen molar-refractivity contribution in [1.29, 1.82) is 0 Å². The highest BCUT2D eigenvalue weighted by molar-refractivity contribution is 7.92. The molecule has 1 amide bonds. The van der Waals surface area contributed by atoms with Crippen LogP contribution in [0, 0.1) is 5.82 Å². The molecule has 0 fully saturated rings. The van der Waals surface area contributed by atoms with Crippen LogP contribution >= 0.6 is 0 Å². The number of hydrogen-bond donors (Lipinski definition) is 1. The lowest BCUT2D eigenvalue weighted by Gasteiger charge is -2.30. The molecule has 27 heavy (non-hydrogen) atoms. The van der Waals surface area contributed by atoms with Crippen molar-refractivity contribution < 1.29 is 22.3 Å². The fourth-order valence-electron chi connectivity index (χ4n) is 2.78. The van der Waals surface area contributed by atoms with Crippen LogP contribution in [0.2, 0.25) is 0 Å². The third-order valence-corrected chi connectivity index (χ3v) is 5.10. The number of methoxy groups -OCH3 is 1. The summed E-state index contributed by atoms with van der Waals surface area (Å²) in [6.07, 6.45) is 1.26. The molecule has 0 aliphatic rings. The number of amides is 1. The van der Waals surface area contributed by atoms with E-state index in [1.807, 2.05) is 6.07 Å². The average molecular weight is 394 g/mol. The molecule has 0 bridgehead atoms. The Morgan fingerprint density at radius 3 is 2.44 bits per heavy atom. The molecule has 2 aromatic rings. The summed E-state index contributed by atoms with van der Waals surface area (Å²) >= 11 is 0. The minimum Gasteiger partial charge on any atom is -0.380 e. The number of rotatable bonds is 8. The maximum Gasteiger partial charge on any atom is 0.248 e. The fraction of sp³-hybridized carbons (Fsp3) is 0.316. The summed E-state index contributed by atoms with van der Waals surface area (Å²) in [5.41, 5.74) is 1.65. The van der Waals surface area contributed by atoms with Crippen LogP contribution in [0.1, 0.15) is 18.9 Å². The van der Waals surface area contributed by atoms with Gasteiger partial charge in [-0.15, -0.1) is 0 Å². The number of carbonyl (C=O) groups excluding carboxylic acids is 1. The zero-order valence-electron chi connectivity index (χ0n) is 15.5. The lowest BCUT2D eigenvalue weighted by molar-refractivity contribution is -0.117. The number of benzene rings is 2. The van der Waals surface area contributed by atoms with Gasteiger partial charge in [0.1, 0.15) is 11.9 Å². The van der Waals surface area contributed by atoms with Gasteiger partial charge in [-0.1, -0.05) is 19.1 Å². The summed E-state index contributed by atoms with van der Waals surface area (Å²) in [7, 11) is -2.19. The molecule has 0 spiro atoms. The normalized spacial score (nSPS) is 12.4. The van der Waals surface area contributed by atoms with Crippen molar-refractivity contribution in [3.63, 3.8) is 0 Å². The monoisotopic (exact) mass is 394 g/mol. The molecule has 0 saturated carbocycles. The van der Waals surface area contributed by atoms with Crippen LogP contribution in [0.15, 0.2) is 48.5 Å². The topological polar surface area (TPSA) is 75.7 Å². The number of hydrogen-bond acceptors (Lipinski definition) is 4. The Kier molecular flexibility index (Phi) is 6.92.